The average Bonchev–Trinajstić information content (AvgIpc) is 2.46. The Labute approximate surface area is 137 Å². The van der Waals surface area contributed by atoms with Crippen LogP contribution in [0.25, 0.3) is 0 Å². The van der Waals surface area contributed by atoms with Crippen molar-refractivity contribution < 1.29 is 9.53 Å². The number of ether oxygens (including phenoxy) is 1. The highest BCUT2D eigenvalue weighted by atomic mass is 35.5. The van der Waals surface area contributed by atoms with Gasteiger partial charge in [0, 0.05) is 37.4 Å². The number of rotatable bonds is 3. The summed E-state index contributed by atoms with van der Waals surface area (Å²) in [5, 5.41) is 0.607. The van der Waals surface area contributed by atoms with Crippen LogP contribution in [0.15, 0.2) is 24.3 Å². The fourth-order valence-corrected chi connectivity index (χ4v) is 3.96. The second-order valence-electron chi connectivity index (χ2n) is 6.63. The second kappa shape index (κ2) is 6.19. The van der Waals surface area contributed by atoms with E-state index in [0.717, 1.165) is 32.7 Å². The minimum Gasteiger partial charge on any atom is -0.384 e. The van der Waals surface area contributed by atoms with Gasteiger partial charge in [-0.05, 0) is 50.6 Å². The Morgan fingerprint density at radius 3 is 2.91 bits per heavy atom. The first-order valence-corrected chi connectivity index (χ1v) is 8.17. The van der Waals surface area contributed by atoms with Crippen LogP contribution < -0.4 is 0 Å². The summed E-state index contributed by atoms with van der Waals surface area (Å²) in [6.07, 6.45) is 2.28. The first-order valence-electron chi connectivity index (χ1n) is 7.79. The van der Waals surface area contributed by atoms with Crippen LogP contribution in [-0.4, -0.2) is 61.6 Å². The lowest BCUT2D eigenvalue weighted by Gasteiger charge is -2.58. The number of halogens is 1. The summed E-state index contributed by atoms with van der Waals surface area (Å²) in [5.41, 5.74) is 0.810. The third-order valence-electron chi connectivity index (χ3n) is 5.08. The largest absolute Gasteiger partial charge is 0.384 e. The fourth-order valence-electron chi connectivity index (χ4n) is 3.77. The van der Waals surface area contributed by atoms with Gasteiger partial charge in [0.25, 0.3) is 5.91 Å². The fraction of sp³-hybridized carbons (Fsp3) is 0.588. The molecule has 1 atom stereocenters. The van der Waals surface area contributed by atoms with Crippen LogP contribution in [0.3, 0.4) is 0 Å². The molecule has 2 heterocycles. The van der Waals surface area contributed by atoms with E-state index >= 15 is 0 Å². The van der Waals surface area contributed by atoms with Gasteiger partial charge in [-0.1, -0.05) is 17.7 Å². The molecule has 5 heteroatoms. The third-order valence-corrected chi connectivity index (χ3v) is 5.32. The van der Waals surface area contributed by atoms with Crippen LogP contribution in [-0.2, 0) is 4.74 Å². The van der Waals surface area contributed by atoms with Gasteiger partial charge in [-0.3, -0.25) is 9.69 Å². The number of carbonyl (C=O) groups excluding carboxylic acids is 1. The number of amides is 1. The summed E-state index contributed by atoms with van der Waals surface area (Å²) in [7, 11) is 3.94. The predicted molar refractivity (Wildman–Crippen MR) is 87.3 cm³/mol. The summed E-state index contributed by atoms with van der Waals surface area (Å²) in [4.78, 5) is 16.9. The van der Waals surface area contributed by atoms with Gasteiger partial charge in [0.05, 0.1) is 5.54 Å². The van der Waals surface area contributed by atoms with E-state index in [0.29, 0.717) is 16.5 Å². The minimum absolute atomic E-state index is 0.0791. The summed E-state index contributed by atoms with van der Waals surface area (Å²) >= 11 is 5.98. The van der Waals surface area contributed by atoms with Crippen molar-refractivity contribution in [1.29, 1.82) is 0 Å². The highest BCUT2D eigenvalue weighted by Gasteiger charge is 2.50. The molecule has 0 N–H and O–H groups in total. The molecule has 22 heavy (non-hydrogen) atoms. The molecule has 0 bridgehead atoms. The molecule has 2 aliphatic heterocycles. The number of benzene rings is 1. The van der Waals surface area contributed by atoms with Crippen LogP contribution in [0.5, 0.6) is 0 Å². The van der Waals surface area contributed by atoms with E-state index in [1.54, 1.807) is 19.2 Å². The van der Waals surface area contributed by atoms with Crippen LogP contribution in [0, 0.1) is 5.92 Å². The standard InChI is InChI=1S/C17H23ClN2O2/c1-19-7-6-13(10-22-2)9-17(19)11-20(12-17)16(21)14-4-3-5-15(18)8-14/h3-5,8,13H,6-7,9-12H2,1-2H3/t13-/m0/s1. The molecule has 1 amide bonds. The van der Waals surface area contributed by atoms with Crippen molar-refractivity contribution in [2.24, 2.45) is 5.92 Å². The van der Waals surface area contributed by atoms with E-state index in [9.17, 15) is 4.79 Å². The number of nitrogens with zero attached hydrogens (tertiary/aromatic N) is 2. The number of hydrogen-bond acceptors (Lipinski definition) is 3. The third kappa shape index (κ3) is 2.87. The molecule has 1 aromatic rings. The molecule has 2 saturated heterocycles. The maximum absolute atomic E-state index is 12.5. The lowest BCUT2D eigenvalue weighted by Crippen LogP contribution is -2.72. The molecule has 0 radical (unpaired) electrons. The lowest BCUT2D eigenvalue weighted by molar-refractivity contribution is -0.0731. The van der Waals surface area contributed by atoms with E-state index in [4.69, 9.17) is 16.3 Å². The van der Waals surface area contributed by atoms with Crippen molar-refractivity contribution in [3.8, 4) is 0 Å². The number of carbonyl (C=O) groups is 1. The highest BCUT2D eigenvalue weighted by Crippen LogP contribution is 2.38. The SMILES string of the molecule is COC[C@H]1CCN(C)C2(C1)CN(C(=O)c1cccc(Cl)c1)C2. The molecular weight excluding hydrogens is 300 g/mol. The average molecular weight is 323 g/mol. The molecule has 2 fully saturated rings. The minimum atomic E-state index is 0.0791. The number of hydrogen-bond donors (Lipinski definition) is 0. The molecular formula is C17H23ClN2O2. The Balaban J connectivity index is 1.65. The molecule has 0 saturated carbocycles. The van der Waals surface area contributed by atoms with E-state index in [-0.39, 0.29) is 11.4 Å². The van der Waals surface area contributed by atoms with Crippen molar-refractivity contribution in [3.05, 3.63) is 34.9 Å². The van der Waals surface area contributed by atoms with E-state index < -0.39 is 0 Å². The van der Waals surface area contributed by atoms with Crippen molar-refractivity contribution in [2.75, 3.05) is 40.4 Å². The molecule has 2 aliphatic rings. The summed E-state index contributed by atoms with van der Waals surface area (Å²) in [6.45, 7) is 3.50. The molecule has 1 spiro atoms. The Morgan fingerprint density at radius 2 is 2.23 bits per heavy atom. The Hall–Kier alpha value is -1.10. The molecule has 0 unspecified atom stereocenters. The number of likely N-dealkylation sites (tertiary alicyclic amines) is 2. The van der Waals surface area contributed by atoms with Gasteiger partial charge in [0.1, 0.15) is 0 Å². The zero-order valence-corrected chi connectivity index (χ0v) is 14.0. The summed E-state index contributed by atoms with van der Waals surface area (Å²) < 4.78 is 5.32. The van der Waals surface area contributed by atoms with Crippen molar-refractivity contribution in [3.63, 3.8) is 0 Å². The smallest absolute Gasteiger partial charge is 0.254 e. The molecule has 4 nitrogen and oxygen atoms in total. The van der Waals surface area contributed by atoms with Gasteiger partial charge in [-0.2, -0.15) is 0 Å². The normalized spacial score (nSPS) is 24.3. The topological polar surface area (TPSA) is 32.8 Å². The van der Waals surface area contributed by atoms with E-state index in [2.05, 4.69) is 11.9 Å². The molecule has 3 rings (SSSR count). The maximum Gasteiger partial charge on any atom is 0.254 e. The molecule has 0 aromatic heterocycles. The van der Waals surface area contributed by atoms with Crippen LogP contribution in [0.4, 0.5) is 0 Å². The first-order chi connectivity index (χ1) is 10.5. The first kappa shape index (κ1) is 15.8. The second-order valence-corrected chi connectivity index (χ2v) is 7.07. The van der Waals surface area contributed by atoms with E-state index in [1.165, 1.54) is 6.42 Å². The number of likely N-dealkylation sites (N-methyl/N-ethyl adjacent to an activating group) is 1. The Bertz CT molecular complexity index is 557. The number of methoxy groups -OCH3 is 1. The Kier molecular flexibility index (Phi) is 4.44. The monoisotopic (exact) mass is 322 g/mol. The van der Waals surface area contributed by atoms with Gasteiger partial charge >= 0.3 is 0 Å². The predicted octanol–water partition coefficient (Wildman–Crippen LogP) is 2.52. The van der Waals surface area contributed by atoms with Gasteiger partial charge in [-0.25, -0.2) is 0 Å². The number of piperidine rings is 1. The van der Waals surface area contributed by atoms with Gasteiger partial charge < -0.3 is 9.64 Å². The van der Waals surface area contributed by atoms with Crippen LogP contribution >= 0.6 is 11.6 Å². The van der Waals surface area contributed by atoms with Gasteiger partial charge in [-0.15, -0.1) is 0 Å². The Morgan fingerprint density at radius 1 is 1.45 bits per heavy atom. The van der Waals surface area contributed by atoms with Crippen molar-refractivity contribution >= 4 is 17.5 Å². The molecule has 120 valence electrons. The summed E-state index contributed by atoms with van der Waals surface area (Å²) in [5.74, 6) is 0.681. The molecule has 1 aromatic carbocycles. The quantitative estimate of drug-likeness (QED) is 0.857. The van der Waals surface area contributed by atoms with E-state index in [1.807, 2.05) is 17.0 Å². The van der Waals surface area contributed by atoms with Crippen LogP contribution in [0.1, 0.15) is 23.2 Å². The highest BCUT2D eigenvalue weighted by molar-refractivity contribution is 6.30. The molecule has 0 aliphatic carbocycles. The zero-order chi connectivity index (χ0) is 15.7. The maximum atomic E-state index is 12.5. The van der Waals surface area contributed by atoms with Gasteiger partial charge in [0.2, 0.25) is 0 Å². The van der Waals surface area contributed by atoms with Crippen LogP contribution in [0.2, 0.25) is 5.02 Å². The summed E-state index contributed by atoms with van der Waals surface area (Å²) in [6, 6.07) is 7.19. The zero-order valence-electron chi connectivity index (χ0n) is 13.2. The van der Waals surface area contributed by atoms with Crippen molar-refractivity contribution in [2.45, 2.75) is 18.4 Å². The van der Waals surface area contributed by atoms with Crippen molar-refractivity contribution in [1.82, 2.24) is 9.80 Å². The van der Waals surface area contributed by atoms with Gasteiger partial charge in [0.15, 0.2) is 0 Å². The lowest BCUT2D eigenvalue weighted by atomic mass is 9.75.